The van der Waals surface area contributed by atoms with Gasteiger partial charge in [0, 0.05) is 21.7 Å². The fraction of sp³-hybridized carbons (Fsp3) is 0.143. The molecule has 0 heterocycles. The minimum atomic E-state index is -3.67. The summed E-state index contributed by atoms with van der Waals surface area (Å²) in [6, 6.07) is 11.7. The second kappa shape index (κ2) is 6.79. The van der Waals surface area contributed by atoms with Crippen LogP contribution in [0.2, 0.25) is 5.02 Å². The van der Waals surface area contributed by atoms with Crippen molar-refractivity contribution in [1.29, 1.82) is 0 Å². The van der Waals surface area contributed by atoms with Crippen molar-refractivity contribution in [2.45, 2.75) is 11.4 Å². The van der Waals surface area contributed by atoms with Gasteiger partial charge in [0.15, 0.2) is 0 Å². The highest BCUT2D eigenvalue weighted by molar-refractivity contribution is 9.10. The molecule has 2 N–H and O–H groups in total. The van der Waals surface area contributed by atoms with Crippen LogP contribution in [0.3, 0.4) is 0 Å². The molecule has 0 radical (unpaired) electrons. The van der Waals surface area contributed by atoms with Gasteiger partial charge in [-0.25, -0.2) is 8.42 Å². The molecule has 0 unspecified atom stereocenters. The van der Waals surface area contributed by atoms with E-state index in [-0.39, 0.29) is 4.90 Å². The van der Waals surface area contributed by atoms with Gasteiger partial charge >= 0.3 is 0 Å². The van der Waals surface area contributed by atoms with Gasteiger partial charge in [-0.2, -0.15) is 0 Å². The van der Waals surface area contributed by atoms with Crippen LogP contribution >= 0.6 is 27.5 Å². The lowest BCUT2D eigenvalue weighted by atomic mass is 10.2. The van der Waals surface area contributed by atoms with Crippen molar-refractivity contribution in [2.75, 3.05) is 11.8 Å². The van der Waals surface area contributed by atoms with Crippen LogP contribution in [0.4, 0.5) is 5.69 Å². The molecule has 0 atom stereocenters. The summed E-state index contributed by atoms with van der Waals surface area (Å²) in [4.78, 5) is 0.199. The van der Waals surface area contributed by atoms with Crippen LogP contribution < -0.4 is 10.0 Å². The SMILES string of the molecule is CNCc1ccc(Br)c(S(=O)(=O)Nc2ccc(Cl)cc2)c1. The van der Waals surface area contributed by atoms with E-state index < -0.39 is 10.0 Å². The van der Waals surface area contributed by atoms with Gasteiger partial charge < -0.3 is 5.32 Å². The smallest absolute Gasteiger partial charge is 0.263 e. The monoisotopic (exact) mass is 388 g/mol. The van der Waals surface area contributed by atoms with Crippen molar-refractivity contribution in [2.24, 2.45) is 0 Å². The van der Waals surface area contributed by atoms with Crippen molar-refractivity contribution >= 4 is 43.2 Å². The van der Waals surface area contributed by atoms with Gasteiger partial charge in [-0.3, -0.25) is 4.72 Å². The molecule has 0 saturated heterocycles. The number of anilines is 1. The van der Waals surface area contributed by atoms with E-state index in [1.807, 2.05) is 13.1 Å². The molecule has 0 aliphatic carbocycles. The Morgan fingerprint density at radius 1 is 1.14 bits per heavy atom. The Morgan fingerprint density at radius 2 is 1.81 bits per heavy atom. The Kier molecular flexibility index (Phi) is 5.27. The first-order valence-corrected chi connectivity index (χ1v) is 8.79. The molecule has 0 amide bonds. The molecule has 112 valence electrons. The number of sulfonamides is 1. The molecule has 0 spiro atoms. The first kappa shape index (κ1) is 16.3. The Morgan fingerprint density at radius 3 is 2.43 bits per heavy atom. The fourth-order valence-corrected chi connectivity index (χ4v) is 4.00. The number of nitrogens with one attached hydrogen (secondary N) is 2. The van der Waals surface area contributed by atoms with Gasteiger partial charge in [-0.15, -0.1) is 0 Å². The third-order valence-electron chi connectivity index (χ3n) is 2.76. The molecule has 0 aliphatic rings. The molecule has 0 saturated carbocycles. The van der Waals surface area contributed by atoms with Gasteiger partial charge in [-0.05, 0) is 64.9 Å². The summed E-state index contributed by atoms with van der Waals surface area (Å²) in [6.07, 6.45) is 0. The van der Waals surface area contributed by atoms with Crippen molar-refractivity contribution < 1.29 is 8.42 Å². The van der Waals surface area contributed by atoms with Crippen LogP contribution in [0, 0.1) is 0 Å². The molecule has 4 nitrogen and oxygen atoms in total. The molecule has 0 fully saturated rings. The van der Waals surface area contributed by atoms with E-state index in [4.69, 9.17) is 11.6 Å². The summed E-state index contributed by atoms with van der Waals surface area (Å²) in [5.41, 5.74) is 1.35. The second-order valence-electron chi connectivity index (χ2n) is 4.41. The molecule has 0 bridgehead atoms. The molecule has 0 aromatic heterocycles. The summed E-state index contributed by atoms with van der Waals surface area (Å²) >= 11 is 9.07. The highest BCUT2D eigenvalue weighted by Gasteiger charge is 2.18. The van der Waals surface area contributed by atoms with Crippen LogP contribution in [0.5, 0.6) is 0 Å². The van der Waals surface area contributed by atoms with E-state index >= 15 is 0 Å². The number of hydrogen-bond donors (Lipinski definition) is 2. The van der Waals surface area contributed by atoms with E-state index in [9.17, 15) is 8.42 Å². The van der Waals surface area contributed by atoms with Gasteiger partial charge in [-0.1, -0.05) is 17.7 Å². The van der Waals surface area contributed by atoms with Crippen LogP contribution in [0.15, 0.2) is 51.8 Å². The quantitative estimate of drug-likeness (QED) is 0.821. The zero-order chi connectivity index (χ0) is 15.5. The maximum atomic E-state index is 12.5. The highest BCUT2D eigenvalue weighted by atomic mass is 79.9. The zero-order valence-electron chi connectivity index (χ0n) is 11.2. The average Bonchev–Trinajstić information content (AvgIpc) is 2.43. The summed E-state index contributed by atoms with van der Waals surface area (Å²) in [5, 5.41) is 3.54. The molecule has 2 aromatic carbocycles. The van der Waals surface area contributed by atoms with Crippen molar-refractivity contribution in [3.05, 3.63) is 57.5 Å². The van der Waals surface area contributed by atoms with Gasteiger partial charge in [0.05, 0.1) is 0 Å². The Bertz CT molecular complexity index is 733. The number of benzene rings is 2. The minimum absolute atomic E-state index is 0.199. The van der Waals surface area contributed by atoms with Gasteiger partial charge in [0.1, 0.15) is 4.90 Å². The normalized spacial score (nSPS) is 11.4. The molecule has 7 heteroatoms. The van der Waals surface area contributed by atoms with E-state index in [1.165, 1.54) is 0 Å². The van der Waals surface area contributed by atoms with Gasteiger partial charge in [0.25, 0.3) is 10.0 Å². The third-order valence-corrected chi connectivity index (χ3v) is 5.39. The van der Waals surface area contributed by atoms with Crippen LogP contribution in [0.25, 0.3) is 0 Å². The molecule has 0 aliphatic heterocycles. The largest absolute Gasteiger partial charge is 0.316 e. The van der Waals surface area contributed by atoms with Crippen molar-refractivity contribution in [3.63, 3.8) is 0 Å². The van der Waals surface area contributed by atoms with Crippen LogP contribution in [-0.4, -0.2) is 15.5 Å². The third kappa shape index (κ3) is 4.20. The zero-order valence-corrected chi connectivity index (χ0v) is 14.4. The molecular weight excluding hydrogens is 376 g/mol. The van der Waals surface area contributed by atoms with Crippen molar-refractivity contribution in [1.82, 2.24) is 5.32 Å². The van der Waals surface area contributed by atoms with Gasteiger partial charge in [0.2, 0.25) is 0 Å². The van der Waals surface area contributed by atoms with E-state index in [0.717, 1.165) is 5.56 Å². The molecular formula is C14H14BrClN2O2S. The lowest BCUT2D eigenvalue weighted by Gasteiger charge is -2.11. The predicted molar refractivity (Wildman–Crippen MR) is 89.2 cm³/mol. The highest BCUT2D eigenvalue weighted by Crippen LogP contribution is 2.26. The van der Waals surface area contributed by atoms with Crippen LogP contribution in [0.1, 0.15) is 5.56 Å². The van der Waals surface area contributed by atoms with Crippen molar-refractivity contribution in [3.8, 4) is 0 Å². The number of rotatable bonds is 5. The maximum Gasteiger partial charge on any atom is 0.263 e. The Balaban J connectivity index is 2.34. The fourth-order valence-electron chi connectivity index (χ4n) is 1.80. The van der Waals surface area contributed by atoms with Crippen LogP contribution in [-0.2, 0) is 16.6 Å². The van der Waals surface area contributed by atoms with E-state index in [0.29, 0.717) is 21.7 Å². The summed E-state index contributed by atoms with van der Waals surface area (Å²) in [5.74, 6) is 0. The first-order chi connectivity index (χ1) is 9.92. The summed E-state index contributed by atoms with van der Waals surface area (Å²) in [7, 11) is -1.86. The lowest BCUT2D eigenvalue weighted by Crippen LogP contribution is -2.14. The topological polar surface area (TPSA) is 58.2 Å². The average molecular weight is 390 g/mol. The summed E-state index contributed by atoms with van der Waals surface area (Å²) in [6.45, 7) is 0.594. The second-order valence-corrected chi connectivity index (χ2v) is 7.35. The molecule has 2 rings (SSSR count). The minimum Gasteiger partial charge on any atom is -0.316 e. The molecule has 2 aromatic rings. The maximum absolute atomic E-state index is 12.5. The standard InChI is InChI=1S/C14H14BrClN2O2S/c1-17-9-10-2-7-13(15)14(8-10)21(19,20)18-12-5-3-11(16)4-6-12/h2-8,17-18H,9H2,1H3. The Labute approximate surface area is 137 Å². The molecule has 21 heavy (non-hydrogen) atoms. The number of hydrogen-bond acceptors (Lipinski definition) is 3. The first-order valence-electron chi connectivity index (χ1n) is 6.14. The number of halogens is 2. The Hall–Kier alpha value is -1.08. The summed E-state index contributed by atoms with van der Waals surface area (Å²) < 4.78 is 28.0. The van der Waals surface area contributed by atoms with E-state index in [1.54, 1.807) is 36.4 Å². The lowest BCUT2D eigenvalue weighted by molar-refractivity contribution is 0.600. The van der Waals surface area contributed by atoms with E-state index in [2.05, 4.69) is 26.0 Å². The predicted octanol–water partition coefficient (Wildman–Crippen LogP) is 3.62.